The van der Waals surface area contributed by atoms with Gasteiger partial charge in [0, 0.05) is 48.0 Å². The molecule has 2 N–H and O–H groups in total. The summed E-state index contributed by atoms with van der Waals surface area (Å²) in [7, 11) is 0. The van der Waals surface area contributed by atoms with Gasteiger partial charge in [0.15, 0.2) is 11.6 Å². The highest BCUT2D eigenvalue weighted by atomic mass is 32.1. The number of rotatable bonds is 8. The lowest BCUT2D eigenvalue weighted by Gasteiger charge is -2.20. The maximum atomic E-state index is 12.9. The van der Waals surface area contributed by atoms with Crippen molar-refractivity contribution in [3.05, 3.63) is 90.2 Å². The molecule has 0 aliphatic carbocycles. The minimum Gasteiger partial charge on any atom is -0.458 e. The molecule has 1 amide bonds. The van der Waals surface area contributed by atoms with E-state index in [9.17, 15) is 4.79 Å². The van der Waals surface area contributed by atoms with E-state index in [1.165, 1.54) is 11.3 Å². The summed E-state index contributed by atoms with van der Waals surface area (Å²) in [4.78, 5) is 30.5. The Morgan fingerprint density at radius 3 is 2.74 bits per heavy atom. The number of carbonyl (C=O) groups is 1. The van der Waals surface area contributed by atoms with Crippen LogP contribution in [0.15, 0.2) is 83.2 Å². The Morgan fingerprint density at radius 2 is 2.03 bits per heavy atom. The number of hydrogen-bond donors (Lipinski definition) is 2. The molecule has 0 aromatic carbocycles. The largest absolute Gasteiger partial charge is 0.458 e. The summed E-state index contributed by atoms with van der Waals surface area (Å²) in [5.41, 5.74) is 1.55. The molecule has 1 unspecified atom stereocenters. The Labute approximate surface area is 199 Å². The van der Waals surface area contributed by atoms with Crippen LogP contribution in [0.25, 0.3) is 22.3 Å². The van der Waals surface area contributed by atoms with E-state index < -0.39 is 0 Å². The quantitative estimate of drug-likeness (QED) is 0.350. The van der Waals surface area contributed by atoms with Gasteiger partial charge in [-0.2, -0.15) is 0 Å². The van der Waals surface area contributed by atoms with Gasteiger partial charge in [0.25, 0.3) is 0 Å². The Balaban J connectivity index is 1.36. The number of thiazole rings is 1. The average molecular weight is 472 g/mol. The molecule has 5 aromatic heterocycles. The Hall–Kier alpha value is -4.15. The molecule has 0 radical (unpaired) electrons. The fraction of sp³-hybridized carbons (Fsp3) is 0.125. The molecule has 0 aliphatic heterocycles. The van der Waals surface area contributed by atoms with Crippen LogP contribution in [0.1, 0.15) is 17.5 Å². The first-order valence-corrected chi connectivity index (χ1v) is 11.4. The van der Waals surface area contributed by atoms with Gasteiger partial charge in [-0.3, -0.25) is 15.1 Å². The number of aryl methyl sites for hydroxylation is 1. The smallest absolute Gasteiger partial charge is 0.239 e. The van der Waals surface area contributed by atoms with E-state index in [1.807, 2.05) is 59.6 Å². The van der Waals surface area contributed by atoms with Gasteiger partial charge in [-0.05, 0) is 37.3 Å². The molecule has 10 heteroatoms. The molecule has 0 spiro atoms. The number of carbonyl (C=O) groups excluding carboxylic acids is 1. The van der Waals surface area contributed by atoms with Crippen molar-refractivity contribution in [2.24, 2.45) is 0 Å². The first-order chi connectivity index (χ1) is 16.7. The highest BCUT2D eigenvalue weighted by Crippen LogP contribution is 2.26. The van der Waals surface area contributed by atoms with Crippen molar-refractivity contribution >= 4 is 23.1 Å². The summed E-state index contributed by atoms with van der Waals surface area (Å²) in [6.45, 7) is 1.91. The van der Waals surface area contributed by atoms with Crippen LogP contribution in [0.3, 0.4) is 0 Å². The molecule has 5 aromatic rings. The van der Waals surface area contributed by atoms with Crippen molar-refractivity contribution < 1.29 is 9.21 Å². The lowest BCUT2D eigenvalue weighted by Crippen LogP contribution is -2.34. The number of nitrogens with zero attached hydrogens (tertiary/aromatic N) is 5. The van der Waals surface area contributed by atoms with Crippen LogP contribution in [-0.4, -0.2) is 37.0 Å². The normalized spacial score (nSPS) is 11.9. The Morgan fingerprint density at radius 1 is 1.15 bits per heavy atom. The minimum atomic E-state index is -0.244. The van der Waals surface area contributed by atoms with Crippen molar-refractivity contribution in [2.75, 3.05) is 11.9 Å². The summed E-state index contributed by atoms with van der Waals surface area (Å²) >= 11 is 1.46. The first kappa shape index (κ1) is 21.7. The van der Waals surface area contributed by atoms with E-state index in [2.05, 4.69) is 30.6 Å². The van der Waals surface area contributed by atoms with Crippen LogP contribution in [0.4, 0.5) is 5.82 Å². The summed E-state index contributed by atoms with van der Waals surface area (Å²) in [5, 5.41) is 8.76. The summed E-state index contributed by atoms with van der Waals surface area (Å²) < 4.78 is 7.67. The third-order valence-electron chi connectivity index (χ3n) is 4.99. The SMILES string of the molecule is Cc1ccc(-c2nc(NC(=O)CNC(c3cccnc3)n3cccc3)cc(-c3nccs3)n2)o1. The zero-order chi connectivity index (χ0) is 23.3. The van der Waals surface area contributed by atoms with E-state index in [1.54, 1.807) is 30.7 Å². The van der Waals surface area contributed by atoms with Crippen molar-refractivity contribution in [1.29, 1.82) is 0 Å². The first-order valence-electron chi connectivity index (χ1n) is 10.6. The number of hydrogen-bond acceptors (Lipinski definition) is 8. The van der Waals surface area contributed by atoms with Gasteiger partial charge >= 0.3 is 0 Å². The predicted octanol–water partition coefficient (Wildman–Crippen LogP) is 4.14. The van der Waals surface area contributed by atoms with Crippen molar-refractivity contribution in [3.8, 4) is 22.3 Å². The number of nitrogens with one attached hydrogen (secondary N) is 2. The van der Waals surface area contributed by atoms with Gasteiger partial charge in [-0.15, -0.1) is 11.3 Å². The number of anilines is 1. The van der Waals surface area contributed by atoms with E-state index in [-0.39, 0.29) is 18.6 Å². The molecular weight excluding hydrogens is 450 g/mol. The molecule has 5 heterocycles. The summed E-state index contributed by atoms with van der Waals surface area (Å²) in [6, 6.07) is 13.1. The van der Waals surface area contributed by atoms with E-state index in [0.717, 1.165) is 16.3 Å². The highest BCUT2D eigenvalue weighted by Gasteiger charge is 2.17. The fourth-order valence-corrected chi connectivity index (χ4v) is 4.06. The molecule has 1 atom stereocenters. The fourth-order valence-electron chi connectivity index (χ4n) is 3.47. The summed E-state index contributed by atoms with van der Waals surface area (Å²) in [5.74, 6) is 1.78. The second-order valence-electron chi connectivity index (χ2n) is 7.46. The van der Waals surface area contributed by atoms with Crippen LogP contribution in [0.2, 0.25) is 0 Å². The Bertz CT molecular complexity index is 1370. The molecule has 0 aliphatic rings. The number of pyridine rings is 1. The van der Waals surface area contributed by atoms with Crippen molar-refractivity contribution in [3.63, 3.8) is 0 Å². The molecule has 34 heavy (non-hydrogen) atoms. The van der Waals surface area contributed by atoms with Crippen molar-refractivity contribution in [1.82, 2.24) is 29.8 Å². The molecule has 9 nitrogen and oxygen atoms in total. The summed E-state index contributed by atoms with van der Waals surface area (Å²) in [6.07, 6.45) is 8.83. The third kappa shape index (κ3) is 4.92. The number of furan rings is 1. The van der Waals surface area contributed by atoms with E-state index >= 15 is 0 Å². The minimum absolute atomic E-state index is 0.0591. The predicted molar refractivity (Wildman–Crippen MR) is 129 cm³/mol. The van der Waals surface area contributed by atoms with Crippen LogP contribution in [0.5, 0.6) is 0 Å². The van der Waals surface area contributed by atoms with Gasteiger partial charge in [-0.1, -0.05) is 6.07 Å². The second kappa shape index (κ2) is 9.77. The molecule has 0 saturated carbocycles. The molecule has 0 fully saturated rings. The molecule has 0 saturated heterocycles. The number of amides is 1. The van der Waals surface area contributed by atoms with Crippen LogP contribution < -0.4 is 10.6 Å². The molecule has 0 bridgehead atoms. The Kier molecular flexibility index (Phi) is 6.23. The molecular formula is C24H21N7O2S. The van der Waals surface area contributed by atoms with Gasteiger partial charge in [0.05, 0.1) is 6.54 Å². The maximum absolute atomic E-state index is 12.9. The second-order valence-corrected chi connectivity index (χ2v) is 8.35. The van der Waals surface area contributed by atoms with E-state index in [4.69, 9.17) is 4.42 Å². The average Bonchev–Trinajstić information content (AvgIpc) is 3.63. The van der Waals surface area contributed by atoms with Gasteiger partial charge in [-0.25, -0.2) is 15.0 Å². The van der Waals surface area contributed by atoms with E-state index in [0.29, 0.717) is 23.1 Å². The molecule has 170 valence electrons. The maximum Gasteiger partial charge on any atom is 0.239 e. The lowest BCUT2D eigenvalue weighted by molar-refractivity contribution is -0.115. The van der Waals surface area contributed by atoms with Crippen LogP contribution in [-0.2, 0) is 4.79 Å². The molecule has 5 rings (SSSR count). The third-order valence-corrected chi connectivity index (χ3v) is 5.78. The van der Waals surface area contributed by atoms with Gasteiger partial charge < -0.3 is 14.3 Å². The zero-order valence-corrected chi connectivity index (χ0v) is 19.1. The van der Waals surface area contributed by atoms with Gasteiger partial charge in [0.2, 0.25) is 5.91 Å². The monoisotopic (exact) mass is 471 g/mol. The standard InChI is InChI=1S/C24H21N7O2S/c1-16-6-7-19(33-16)22-28-18(24-26-9-12-34-24)13-20(30-22)29-21(32)15-27-23(31-10-2-3-11-31)17-5-4-8-25-14-17/h2-14,23,27H,15H2,1H3,(H,28,29,30,32). The topological polar surface area (TPSA) is 111 Å². The number of aromatic nitrogens is 5. The van der Waals surface area contributed by atoms with Gasteiger partial charge in [0.1, 0.15) is 28.4 Å². The lowest BCUT2D eigenvalue weighted by atomic mass is 10.2. The van der Waals surface area contributed by atoms with Crippen LogP contribution in [0, 0.1) is 6.92 Å². The van der Waals surface area contributed by atoms with Crippen LogP contribution >= 0.6 is 11.3 Å². The van der Waals surface area contributed by atoms with Crippen molar-refractivity contribution in [2.45, 2.75) is 13.1 Å². The highest BCUT2D eigenvalue weighted by molar-refractivity contribution is 7.13. The zero-order valence-electron chi connectivity index (χ0n) is 18.3.